The highest BCUT2D eigenvalue weighted by Crippen LogP contribution is 2.20. The maximum Gasteiger partial charge on any atom is 0.0914 e. The normalized spacial score (nSPS) is 18.9. The molecule has 0 N–H and O–H groups in total. The molecule has 0 amide bonds. The molecule has 58 valence electrons. The highest BCUT2D eigenvalue weighted by molar-refractivity contribution is 5.19. The molecule has 1 aliphatic heterocycles. The molecule has 0 bridgehead atoms. The van der Waals surface area contributed by atoms with E-state index in [4.69, 9.17) is 9.78 Å². The van der Waals surface area contributed by atoms with Gasteiger partial charge in [-0.15, -0.1) is 0 Å². The summed E-state index contributed by atoms with van der Waals surface area (Å²) in [5.74, 6) is 0.427. The Hall–Kier alpha value is -0.860. The van der Waals surface area contributed by atoms with Crippen LogP contribution < -0.4 is 0 Å². The SMILES string of the molecule is c1ccc(C2COOC2)cc1. The molecular formula is C9H10O2. The molecule has 11 heavy (non-hydrogen) atoms. The molecule has 1 aromatic rings. The summed E-state index contributed by atoms with van der Waals surface area (Å²) in [7, 11) is 0. The Morgan fingerprint density at radius 1 is 1.00 bits per heavy atom. The minimum Gasteiger partial charge on any atom is -0.236 e. The van der Waals surface area contributed by atoms with Gasteiger partial charge in [0.15, 0.2) is 0 Å². The van der Waals surface area contributed by atoms with Crippen LogP contribution in [0.25, 0.3) is 0 Å². The van der Waals surface area contributed by atoms with Gasteiger partial charge in [-0.2, -0.15) is 0 Å². The average Bonchev–Trinajstić information content (AvgIpc) is 2.58. The van der Waals surface area contributed by atoms with Crippen molar-refractivity contribution in [1.82, 2.24) is 0 Å². The minimum atomic E-state index is 0.427. The minimum absolute atomic E-state index is 0.427. The fourth-order valence-electron chi connectivity index (χ4n) is 1.23. The van der Waals surface area contributed by atoms with Crippen LogP contribution in [-0.2, 0) is 9.78 Å². The largest absolute Gasteiger partial charge is 0.236 e. The van der Waals surface area contributed by atoms with E-state index in [0.717, 1.165) is 0 Å². The van der Waals surface area contributed by atoms with Crippen LogP contribution in [0, 0.1) is 0 Å². The summed E-state index contributed by atoms with van der Waals surface area (Å²) in [6.45, 7) is 1.37. The molecule has 0 atom stereocenters. The van der Waals surface area contributed by atoms with Crippen molar-refractivity contribution in [2.45, 2.75) is 5.92 Å². The smallest absolute Gasteiger partial charge is 0.0914 e. The molecule has 1 fully saturated rings. The number of rotatable bonds is 1. The monoisotopic (exact) mass is 150 g/mol. The van der Waals surface area contributed by atoms with E-state index in [1.807, 2.05) is 18.2 Å². The fraction of sp³-hybridized carbons (Fsp3) is 0.333. The topological polar surface area (TPSA) is 18.5 Å². The number of hydrogen-bond acceptors (Lipinski definition) is 2. The molecule has 0 aromatic heterocycles. The lowest BCUT2D eigenvalue weighted by Crippen LogP contribution is -1.99. The van der Waals surface area contributed by atoms with Crippen LogP contribution in [0.5, 0.6) is 0 Å². The van der Waals surface area contributed by atoms with Crippen LogP contribution >= 0.6 is 0 Å². The quantitative estimate of drug-likeness (QED) is 0.567. The molecular weight excluding hydrogens is 140 g/mol. The first kappa shape index (κ1) is 6.83. The second kappa shape index (κ2) is 3.03. The molecule has 1 heterocycles. The zero-order valence-corrected chi connectivity index (χ0v) is 6.19. The summed E-state index contributed by atoms with van der Waals surface area (Å²) in [6.07, 6.45) is 0. The van der Waals surface area contributed by atoms with Gasteiger partial charge in [-0.3, -0.25) is 0 Å². The zero-order valence-electron chi connectivity index (χ0n) is 6.19. The Morgan fingerprint density at radius 2 is 1.64 bits per heavy atom. The molecule has 0 radical (unpaired) electrons. The van der Waals surface area contributed by atoms with Gasteiger partial charge in [0.05, 0.1) is 13.2 Å². The zero-order chi connectivity index (χ0) is 7.52. The van der Waals surface area contributed by atoms with E-state index in [0.29, 0.717) is 19.1 Å². The molecule has 0 saturated carbocycles. The number of hydrogen-bond donors (Lipinski definition) is 0. The van der Waals surface area contributed by atoms with Gasteiger partial charge in [0, 0.05) is 5.92 Å². The van der Waals surface area contributed by atoms with Gasteiger partial charge in [0.2, 0.25) is 0 Å². The average molecular weight is 150 g/mol. The van der Waals surface area contributed by atoms with Crippen molar-refractivity contribution in [3.05, 3.63) is 35.9 Å². The predicted molar refractivity (Wildman–Crippen MR) is 41.1 cm³/mol. The van der Waals surface area contributed by atoms with Crippen molar-refractivity contribution in [2.24, 2.45) is 0 Å². The van der Waals surface area contributed by atoms with Gasteiger partial charge in [-0.1, -0.05) is 30.3 Å². The second-order valence-corrected chi connectivity index (χ2v) is 2.68. The lowest BCUT2D eigenvalue weighted by molar-refractivity contribution is -0.248. The van der Waals surface area contributed by atoms with E-state index >= 15 is 0 Å². The van der Waals surface area contributed by atoms with Gasteiger partial charge < -0.3 is 0 Å². The molecule has 2 heteroatoms. The highest BCUT2D eigenvalue weighted by atomic mass is 17.2. The Morgan fingerprint density at radius 3 is 2.27 bits per heavy atom. The third-order valence-corrected chi connectivity index (χ3v) is 1.89. The molecule has 2 nitrogen and oxygen atoms in total. The van der Waals surface area contributed by atoms with Crippen LogP contribution in [-0.4, -0.2) is 13.2 Å². The summed E-state index contributed by atoms with van der Waals surface area (Å²) in [4.78, 5) is 9.62. The van der Waals surface area contributed by atoms with Crippen LogP contribution in [0.15, 0.2) is 30.3 Å². The van der Waals surface area contributed by atoms with Crippen molar-refractivity contribution in [3.63, 3.8) is 0 Å². The second-order valence-electron chi connectivity index (χ2n) is 2.68. The van der Waals surface area contributed by atoms with Crippen LogP contribution in [0.1, 0.15) is 11.5 Å². The molecule has 2 rings (SSSR count). The Labute approximate surface area is 65.7 Å². The van der Waals surface area contributed by atoms with Gasteiger partial charge in [-0.25, -0.2) is 9.78 Å². The van der Waals surface area contributed by atoms with Crippen LogP contribution in [0.3, 0.4) is 0 Å². The molecule has 1 aromatic carbocycles. The fourth-order valence-corrected chi connectivity index (χ4v) is 1.23. The van der Waals surface area contributed by atoms with E-state index < -0.39 is 0 Å². The van der Waals surface area contributed by atoms with E-state index in [1.54, 1.807) is 0 Å². The summed E-state index contributed by atoms with van der Waals surface area (Å²) in [6, 6.07) is 10.3. The first-order valence-corrected chi connectivity index (χ1v) is 3.76. The Kier molecular flexibility index (Phi) is 1.88. The third-order valence-electron chi connectivity index (χ3n) is 1.89. The summed E-state index contributed by atoms with van der Waals surface area (Å²) >= 11 is 0. The molecule has 1 aliphatic rings. The highest BCUT2D eigenvalue weighted by Gasteiger charge is 2.18. The van der Waals surface area contributed by atoms with E-state index in [9.17, 15) is 0 Å². The first-order valence-electron chi connectivity index (χ1n) is 3.76. The van der Waals surface area contributed by atoms with Crippen LogP contribution in [0.4, 0.5) is 0 Å². The summed E-state index contributed by atoms with van der Waals surface area (Å²) in [5, 5.41) is 0. The van der Waals surface area contributed by atoms with Gasteiger partial charge in [0.1, 0.15) is 0 Å². The lowest BCUT2D eigenvalue weighted by atomic mass is 10.0. The molecule has 0 unspecified atom stereocenters. The predicted octanol–water partition coefficient (Wildman–Crippen LogP) is 1.73. The lowest BCUT2D eigenvalue weighted by Gasteiger charge is -2.03. The molecule has 0 spiro atoms. The van der Waals surface area contributed by atoms with Crippen molar-refractivity contribution < 1.29 is 9.78 Å². The molecule has 1 saturated heterocycles. The standard InChI is InChI=1S/C9H10O2/c1-2-4-8(5-3-1)9-6-10-11-7-9/h1-5,9H,6-7H2. The Balaban J connectivity index is 2.16. The van der Waals surface area contributed by atoms with Crippen molar-refractivity contribution in [3.8, 4) is 0 Å². The van der Waals surface area contributed by atoms with Gasteiger partial charge >= 0.3 is 0 Å². The Bertz CT molecular complexity index is 214. The van der Waals surface area contributed by atoms with E-state index in [-0.39, 0.29) is 0 Å². The van der Waals surface area contributed by atoms with E-state index in [1.165, 1.54) is 5.56 Å². The van der Waals surface area contributed by atoms with Gasteiger partial charge in [-0.05, 0) is 5.56 Å². The molecule has 0 aliphatic carbocycles. The van der Waals surface area contributed by atoms with Gasteiger partial charge in [0.25, 0.3) is 0 Å². The third kappa shape index (κ3) is 1.42. The summed E-state index contributed by atoms with van der Waals surface area (Å²) in [5.41, 5.74) is 1.30. The summed E-state index contributed by atoms with van der Waals surface area (Å²) < 4.78 is 0. The van der Waals surface area contributed by atoms with E-state index in [2.05, 4.69) is 12.1 Å². The van der Waals surface area contributed by atoms with Crippen molar-refractivity contribution in [2.75, 3.05) is 13.2 Å². The number of benzene rings is 1. The maximum atomic E-state index is 4.81. The van der Waals surface area contributed by atoms with Crippen molar-refractivity contribution in [1.29, 1.82) is 0 Å². The van der Waals surface area contributed by atoms with Crippen LogP contribution in [0.2, 0.25) is 0 Å². The first-order chi connectivity index (χ1) is 5.47. The maximum absolute atomic E-state index is 4.81. The van der Waals surface area contributed by atoms with Crippen molar-refractivity contribution >= 4 is 0 Å².